The number of rotatable bonds is 3. The molecule has 1 N–H and O–H groups in total. The smallest absolute Gasteiger partial charge is 0.143 e. The van der Waals surface area contributed by atoms with Gasteiger partial charge in [-0.05, 0) is 17.8 Å². The summed E-state index contributed by atoms with van der Waals surface area (Å²) >= 11 is 0. The maximum atomic E-state index is 3.43. The minimum absolute atomic E-state index is 1.15. The molecule has 0 aliphatic heterocycles. The van der Waals surface area contributed by atoms with E-state index < -0.39 is 8.24 Å². The SMILES string of the molecule is C[Si](C)(C)NC=Cc1ccccc1. The number of hydrogen-bond acceptors (Lipinski definition) is 1. The highest BCUT2D eigenvalue weighted by Crippen LogP contribution is 2.01. The van der Waals surface area contributed by atoms with Crippen LogP contribution < -0.4 is 4.98 Å². The first-order valence-corrected chi connectivity index (χ1v) is 8.07. The van der Waals surface area contributed by atoms with E-state index in [0.29, 0.717) is 0 Å². The van der Waals surface area contributed by atoms with Crippen molar-refractivity contribution in [3.63, 3.8) is 0 Å². The van der Waals surface area contributed by atoms with E-state index in [1.807, 2.05) is 18.2 Å². The van der Waals surface area contributed by atoms with Crippen molar-refractivity contribution in [1.82, 2.24) is 4.98 Å². The standard InChI is InChI=1S/C11H17NSi/c1-13(2,3)12-10-9-11-7-5-4-6-8-11/h4-10,12H,1-3H3. The van der Waals surface area contributed by atoms with Gasteiger partial charge in [0.2, 0.25) is 0 Å². The van der Waals surface area contributed by atoms with Gasteiger partial charge in [0, 0.05) is 0 Å². The molecular formula is C11H17NSi. The van der Waals surface area contributed by atoms with Gasteiger partial charge in [-0.1, -0.05) is 50.0 Å². The molecule has 0 amide bonds. The molecule has 13 heavy (non-hydrogen) atoms. The molecule has 0 aliphatic rings. The van der Waals surface area contributed by atoms with Crippen LogP contribution >= 0.6 is 0 Å². The highest BCUT2D eigenvalue weighted by atomic mass is 28.3. The Morgan fingerprint density at radius 3 is 2.23 bits per heavy atom. The largest absolute Gasteiger partial charge is 0.417 e. The summed E-state index contributed by atoms with van der Waals surface area (Å²) in [5.74, 6) is 0. The van der Waals surface area contributed by atoms with Gasteiger partial charge < -0.3 is 4.98 Å². The Morgan fingerprint density at radius 1 is 1.08 bits per heavy atom. The third kappa shape index (κ3) is 4.53. The monoisotopic (exact) mass is 191 g/mol. The zero-order valence-electron chi connectivity index (χ0n) is 8.54. The van der Waals surface area contributed by atoms with E-state index in [-0.39, 0.29) is 0 Å². The molecule has 0 fully saturated rings. The van der Waals surface area contributed by atoms with Crippen LogP contribution in [-0.2, 0) is 0 Å². The normalized spacial score (nSPS) is 11.9. The van der Waals surface area contributed by atoms with Crippen molar-refractivity contribution >= 4 is 14.3 Å². The van der Waals surface area contributed by atoms with Gasteiger partial charge in [0.1, 0.15) is 8.24 Å². The van der Waals surface area contributed by atoms with E-state index in [9.17, 15) is 0 Å². The van der Waals surface area contributed by atoms with Crippen molar-refractivity contribution in [3.8, 4) is 0 Å². The number of hydrogen-bond donors (Lipinski definition) is 1. The van der Waals surface area contributed by atoms with Gasteiger partial charge in [0.05, 0.1) is 0 Å². The summed E-state index contributed by atoms with van der Waals surface area (Å²) in [5, 5.41) is 0. The first-order valence-electron chi connectivity index (χ1n) is 4.57. The molecular weight excluding hydrogens is 174 g/mol. The van der Waals surface area contributed by atoms with Gasteiger partial charge in [0.25, 0.3) is 0 Å². The average molecular weight is 191 g/mol. The van der Waals surface area contributed by atoms with Gasteiger partial charge in [-0.3, -0.25) is 0 Å². The fourth-order valence-corrected chi connectivity index (χ4v) is 1.54. The highest BCUT2D eigenvalue weighted by molar-refractivity contribution is 6.73. The molecule has 0 heterocycles. The molecule has 2 heteroatoms. The lowest BCUT2D eigenvalue weighted by atomic mass is 10.2. The molecule has 0 saturated heterocycles. The van der Waals surface area contributed by atoms with E-state index >= 15 is 0 Å². The fraction of sp³-hybridized carbons (Fsp3) is 0.273. The van der Waals surface area contributed by atoms with Crippen LogP contribution in [0.15, 0.2) is 36.5 Å². The van der Waals surface area contributed by atoms with Crippen LogP contribution in [-0.4, -0.2) is 8.24 Å². The zero-order chi connectivity index (χ0) is 9.73. The predicted octanol–water partition coefficient (Wildman–Crippen LogP) is 3.08. The Morgan fingerprint density at radius 2 is 1.69 bits per heavy atom. The van der Waals surface area contributed by atoms with Crippen molar-refractivity contribution in [1.29, 1.82) is 0 Å². The molecule has 0 saturated carbocycles. The van der Waals surface area contributed by atoms with Crippen molar-refractivity contribution in [2.45, 2.75) is 19.6 Å². The van der Waals surface area contributed by atoms with Crippen molar-refractivity contribution < 1.29 is 0 Å². The molecule has 1 rings (SSSR count). The second-order valence-electron chi connectivity index (χ2n) is 4.14. The summed E-state index contributed by atoms with van der Waals surface area (Å²) in [6, 6.07) is 10.3. The number of benzene rings is 1. The summed E-state index contributed by atoms with van der Waals surface area (Å²) in [7, 11) is -1.15. The maximum Gasteiger partial charge on any atom is 0.143 e. The minimum Gasteiger partial charge on any atom is -0.417 e. The summed E-state index contributed by atoms with van der Waals surface area (Å²) in [5.41, 5.74) is 1.24. The van der Waals surface area contributed by atoms with Crippen molar-refractivity contribution in [2.24, 2.45) is 0 Å². The zero-order valence-corrected chi connectivity index (χ0v) is 9.54. The van der Waals surface area contributed by atoms with Crippen LogP contribution in [0, 0.1) is 0 Å². The van der Waals surface area contributed by atoms with Crippen LogP contribution in [0.25, 0.3) is 6.08 Å². The van der Waals surface area contributed by atoms with Crippen molar-refractivity contribution in [2.75, 3.05) is 0 Å². The van der Waals surface area contributed by atoms with Crippen LogP contribution in [0.4, 0.5) is 0 Å². The summed E-state index contributed by atoms with van der Waals surface area (Å²) < 4.78 is 0. The van der Waals surface area contributed by atoms with Gasteiger partial charge in [0.15, 0.2) is 0 Å². The molecule has 0 spiro atoms. The van der Waals surface area contributed by atoms with E-state index in [0.717, 1.165) is 0 Å². The highest BCUT2D eigenvalue weighted by Gasteiger charge is 2.08. The van der Waals surface area contributed by atoms with E-state index in [1.54, 1.807) is 0 Å². The van der Waals surface area contributed by atoms with Crippen molar-refractivity contribution in [3.05, 3.63) is 42.1 Å². The Kier molecular flexibility index (Phi) is 3.31. The van der Waals surface area contributed by atoms with E-state index in [2.05, 4.69) is 49.0 Å². The Hall–Kier alpha value is -1.02. The molecule has 0 aliphatic carbocycles. The van der Waals surface area contributed by atoms with Gasteiger partial charge in [-0.2, -0.15) is 0 Å². The molecule has 1 nitrogen and oxygen atoms in total. The molecule has 70 valence electrons. The lowest BCUT2D eigenvalue weighted by molar-refractivity contribution is 1.26. The summed E-state index contributed by atoms with van der Waals surface area (Å²) in [6.45, 7) is 6.84. The molecule has 1 aromatic rings. The topological polar surface area (TPSA) is 12.0 Å². The van der Waals surface area contributed by atoms with Crippen LogP contribution in [0.5, 0.6) is 0 Å². The number of nitrogens with one attached hydrogen (secondary N) is 1. The maximum absolute atomic E-state index is 3.43. The van der Waals surface area contributed by atoms with Gasteiger partial charge in [-0.25, -0.2) is 0 Å². The average Bonchev–Trinajstić information content (AvgIpc) is 2.04. The molecule has 0 atom stereocenters. The Balaban J connectivity index is 2.51. The molecule has 0 radical (unpaired) electrons. The molecule has 0 aromatic heterocycles. The third-order valence-corrected chi connectivity index (χ3v) is 2.62. The third-order valence-electron chi connectivity index (χ3n) is 1.59. The molecule has 0 unspecified atom stereocenters. The lowest BCUT2D eigenvalue weighted by Crippen LogP contribution is -2.36. The Bertz CT molecular complexity index is 272. The van der Waals surface area contributed by atoms with Gasteiger partial charge >= 0.3 is 0 Å². The second kappa shape index (κ2) is 4.28. The van der Waals surface area contributed by atoms with Crippen LogP contribution in [0.2, 0.25) is 19.6 Å². The van der Waals surface area contributed by atoms with Gasteiger partial charge in [-0.15, -0.1) is 0 Å². The van der Waals surface area contributed by atoms with Crippen LogP contribution in [0.1, 0.15) is 5.56 Å². The molecule has 0 bridgehead atoms. The summed E-state index contributed by atoms with van der Waals surface area (Å²) in [4.78, 5) is 3.43. The first-order chi connectivity index (χ1) is 6.08. The van der Waals surface area contributed by atoms with Crippen LogP contribution in [0.3, 0.4) is 0 Å². The van der Waals surface area contributed by atoms with E-state index in [4.69, 9.17) is 0 Å². The first kappa shape index (κ1) is 10.1. The second-order valence-corrected chi connectivity index (χ2v) is 8.93. The Labute approximate surface area is 81.6 Å². The van der Waals surface area contributed by atoms with E-state index in [1.165, 1.54) is 5.56 Å². The molecule has 1 aromatic carbocycles. The predicted molar refractivity (Wildman–Crippen MR) is 62.0 cm³/mol. The minimum atomic E-state index is -1.15. The lowest BCUT2D eigenvalue weighted by Gasteiger charge is -2.15. The summed E-state index contributed by atoms with van der Waals surface area (Å²) in [6.07, 6.45) is 4.17. The quantitative estimate of drug-likeness (QED) is 0.724. The fourth-order valence-electron chi connectivity index (χ4n) is 0.952.